The van der Waals surface area contributed by atoms with Crippen LogP contribution in [0, 0.1) is 6.92 Å². The Morgan fingerprint density at radius 2 is 2.28 bits per heavy atom. The van der Waals surface area contributed by atoms with Crippen LogP contribution < -0.4 is 0 Å². The molecule has 1 amide bonds. The zero-order valence-electron chi connectivity index (χ0n) is 9.96. The average molecular weight is 292 g/mol. The van der Waals surface area contributed by atoms with Gasteiger partial charge in [-0.2, -0.15) is 8.42 Å². The quantitative estimate of drug-likeness (QED) is 0.790. The van der Waals surface area contributed by atoms with Crippen LogP contribution in [0.25, 0.3) is 0 Å². The minimum atomic E-state index is -4.66. The normalized spacial score (nSPS) is 22.5. The van der Waals surface area contributed by atoms with E-state index in [-0.39, 0.29) is 24.9 Å². The van der Waals surface area contributed by atoms with Crippen LogP contribution in [0.15, 0.2) is 5.38 Å². The largest absolute Gasteiger partial charge is 0.332 e. The number of nitrogens with zero attached hydrogens (tertiary/aromatic N) is 2. The smallest absolute Gasteiger partial charge is 0.307 e. The molecule has 2 heterocycles. The summed E-state index contributed by atoms with van der Waals surface area (Å²) < 4.78 is 34.5. The lowest BCUT2D eigenvalue weighted by molar-refractivity contribution is -0.129. The number of halogens is 1. The van der Waals surface area contributed by atoms with Crippen LogP contribution in [0.4, 0.5) is 3.89 Å². The van der Waals surface area contributed by atoms with Crippen molar-refractivity contribution in [2.75, 3.05) is 6.54 Å². The van der Waals surface area contributed by atoms with Crippen LogP contribution in [-0.4, -0.2) is 36.0 Å². The van der Waals surface area contributed by atoms with E-state index < -0.39 is 15.5 Å². The van der Waals surface area contributed by atoms with E-state index in [1.165, 1.54) is 16.2 Å². The Hall–Kier alpha value is -1.02. The molecule has 0 bridgehead atoms. The van der Waals surface area contributed by atoms with Crippen molar-refractivity contribution >= 4 is 27.5 Å². The van der Waals surface area contributed by atoms with Crippen molar-refractivity contribution < 1.29 is 17.1 Å². The second kappa shape index (κ2) is 4.58. The fourth-order valence-corrected chi connectivity index (χ4v) is 3.50. The second-order valence-electron chi connectivity index (χ2n) is 4.35. The van der Waals surface area contributed by atoms with E-state index >= 15 is 0 Å². The summed E-state index contributed by atoms with van der Waals surface area (Å²) in [6.45, 7) is 3.51. The van der Waals surface area contributed by atoms with E-state index in [0.717, 1.165) is 10.7 Å². The maximum Gasteiger partial charge on any atom is 0.307 e. The van der Waals surface area contributed by atoms with Gasteiger partial charge < -0.3 is 4.90 Å². The summed E-state index contributed by atoms with van der Waals surface area (Å²) in [5, 5.41) is 1.35. The predicted molar refractivity (Wildman–Crippen MR) is 65.4 cm³/mol. The number of thiazole rings is 1. The highest BCUT2D eigenvalue weighted by molar-refractivity contribution is 7.87. The van der Waals surface area contributed by atoms with Crippen molar-refractivity contribution in [1.29, 1.82) is 0 Å². The fourth-order valence-electron chi connectivity index (χ4n) is 1.96. The van der Waals surface area contributed by atoms with Gasteiger partial charge in [0.05, 0.1) is 6.04 Å². The molecule has 0 saturated carbocycles. The first-order chi connectivity index (χ1) is 8.29. The van der Waals surface area contributed by atoms with Crippen molar-refractivity contribution in [1.82, 2.24) is 9.88 Å². The van der Waals surface area contributed by atoms with Crippen LogP contribution in [0.1, 0.15) is 30.1 Å². The first-order valence-corrected chi connectivity index (χ1v) is 7.76. The van der Waals surface area contributed by atoms with E-state index in [4.69, 9.17) is 0 Å². The van der Waals surface area contributed by atoms with E-state index in [1.54, 1.807) is 6.92 Å². The maximum absolute atomic E-state index is 12.9. The highest BCUT2D eigenvalue weighted by Crippen LogP contribution is 2.30. The minimum absolute atomic E-state index is 0.0997. The SMILES string of the molecule is Cc1csc(C(C)N2CC(S(=O)(=O)F)CC2=O)n1. The lowest BCUT2D eigenvalue weighted by atomic mass is 10.3. The van der Waals surface area contributed by atoms with E-state index in [9.17, 15) is 17.1 Å². The average Bonchev–Trinajstić information content (AvgIpc) is 2.83. The van der Waals surface area contributed by atoms with Crippen molar-refractivity contribution in [2.45, 2.75) is 31.6 Å². The third kappa shape index (κ3) is 2.54. The lowest BCUT2D eigenvalue weighted by Gasteiger charge is -2.22. The first-order valence-electron chi connectivity index (χ1n) is 5.44. The molecule has 0 spiro atoms. The summed E-state index contributed by atoms with van der Waals surface area (Å²) in [5.74, 6) is -0.346. The number of hydrogen-bond acceptors (Lipinski definition) is 5. The number of carbonyl (C=O) groups excluding carboxylic acids is 1. The molecule has 0 aliphatic carbocycles. The van der Waals surface area contributed by atoms with Gasteiger partial charge in [0.25, 0.3) is 0 Å². The molecule has 0 aromatic carbocycles. The third-order valence-electron chi connectivity index (χ3n) is 2.98. The molecule has 2 atom stereocenters. The number of aromatic nitrogens is 1. The van der Waals surface area contributed by atoms with Crippen molar-refractivity contribution in [3.8, 4) is 0 Å². The van der Waals surface area contributed by atoms with Crippen LogP contribution >= 0.6 is 11.3 Å². The van der Waals surface area contributed by atoms with Gasteiger partial charge in [-0.05, 0) is 13.8 Å². The molecule has 1 aliphatic heterocycles. The molecule has 1 fully saturated rings. The molecule has 0 N–H and O–H groups in total. The van der Waals surface area contributed by atoms with E-state index in [1.807, 2.05) is 12.3 Å². The zero-order chi connectivity index (χ0) is 13.5. The number of likely N-dealkylation sites (tertiary alicyclic amines) is 1. The molecule has 2 rings (SSSR count). The first kappa shape index (κ1) is 13.4. The summed E-state index contributed by atoms with van der Waals surface area (Å²) in [4.78, 5) is 17.4. The maximum atomic E-state index is 12.9. The highest BCUT2D eigenvalue weighted by Gasteiger charge is 2.41. The summed E-state index contributed by atoms with van der Waals surface area (Å²) in [6, 6.07) is -0.317. The predicted octanol–water partition coefficient (Wildman–Crippen LogP) is 1.41. The van der Waals surface area contributed by atoms with Crippen LogP contribution in [0.3, 0.4) is 0 Å². The van der Waals surface area contributed by atoms with E-state index in [2.05, 4.69) is 4.98 Å². The number of amides is 1. The van der Waals surface area contributed by atoms with Gasteiger partial charge in [0.1, 0.15) is 10.3 Å². The minimum Gasteiger partial charge on any atom is -0.332 e. The molecule has 2 unspecified atom stereocenters. The molecule has 5 nitrogen and oxygen atoms in total. The van der Waals surface area contributed by atoms with Gasteiger partial charge in [-0.3, -0.25) is 4.79 Å². The van der Waals surface area contributed by atoms with Gasteiger partial charge in [-0.1, -0.05) is 0 Å². The fraction of sp³-hybridized carbons (Fsp3) is 0.600. The Bertz CT molecular complexity index is 569. The zero-order valence-corrected chi connectivity index (χ0v) is 11.6. The van der Waals surface area contributed by atoms with Gasteiger partial charge in [-0.25, -0.2) is 4.98 Å². The number of aryl methyl sites for hydroxylation is 1. The standard InChI is InChI=1S/C10H13FN2O3S2/c1-6-5-17-10(12-6)7(2)13-4-8(3-9(13)14)18(11,15)16/h5,7-8H,3-4H2,1-2H3. The van der Waals surface area contributed by atoms with Crippen molar-refractivity contribution in [2.24, 2.45) is 0 Å². The van der Waals surface area contributed by atoms with Gasteiger partial charge in [0.15, 0.2) is 0 Å². The van der Waals surface area contributed by atoms with E-state index in [0.29, 0.717) is 0 Å². The molecule has 0 radical (unpaired) electrons. The topological polar surface area (TPSA) is 67.3 Å². The Balaban J connectivity index is 2.18. The molecular formula is C10H13FN2O3S2. The number of rotatable bonds is 3. The second-order valence-corrected chi connectivity index (χ2v) is 6.86. The van der Waals surface area contributed by atoms with Crippen LogP contribution in [-0.2, 0) is 15.0 Å². The molecular weight excluding hydrogens is 279 g/mol. The molecule has 100 valence electrons. The molecule has 1 aliphatic rings. The van der Waals surface area contributed by atoms with Gasteiger partial charge in [0, 0.05) is 24.0 Å². The van der Waals surface area contributed by atoms with Crippen LogP contribution in [0.5, 0.6) is 0 Å². The van der Waals surface area contributed by atoms with Crippen molar-refractivity contribution in [3.63, 3.8) is 0 Å². The molecule has 8 heteroatoms. The lowest BCUT2D eigenvalue weighted by Crippen LogP contribution is -2.30. The summed E-state index contributed by atoms with van der Waals surface area (Å²) in [7, 11) is -4.66. The van der Waals surface area contributed by atoms with Gasteiger partial charge in [0.2, 0.25) is 5.91 Å². The summed E-state index contributed by atoms with van der Waals surface area (Å²) in [6.07, 6.45) is -0.284. The number of hydrogen-bond donors (Lipinski definition) is 0. The van der Waals surface area contributed by atoms with Gasteiger partial charge >= 0.3 is 10.2 Å². The highest BCUT2D eigenvalue weighted by atomic mass is 32.3. The van der Waals surface area contributed by atoms with Crippen LogP contribution in [0.2, 0.25) is 0 Å². The Labute approximate surface area is 109 Å². The summed E-state index contributed by atoms with van der Waals surface area (Å²) >= 11 is 1.41. The van der Waals surface area contributed by atoms with Crippen molar-refractivity contribution in [3.05, 3.63) is 16.1 Å². The molecule has 1 aromatic heterocycles. The monoisotopic (exact) mass is 292 g/mol. The summed E-state index contributed by atoms with van der Waals surface area (Å²) in [5.41, 5.74) is 0.850. The van der Waals surface area contributed by atoms with Gasteiger partial charge in [-0.15, -0.1) is 15.2 Å². The Morgan fingerprint density at radius 3 is 2.72 bits per heavy atom. The number of carbonyl (C=O) groups is 1. The third-order valence-corrected chi connectivity index (χ3v) is 5.23. The molecule has 1 saturated heterocycles. The Kier molecular flexibility index (Phi) is 3.41. The molecule has 18 heavy (non-hydrogen) atoms. The Morgan fingerprint density at radius 1 is 1.61 bits per heavy atom. The molecule has 1 aromatic rings.